The van der Waals surface area contributed by atoms with E-state index >= 15 is 0 Å². The third-order valence-electron chi connectivity index (χ3n) is 5.46. The number of nitrogens with zero attached hydrogens (tertiary/aromatic N) is 1. The molecule has 1 aromatic carbocycles. The SMILES string of the molecule is CCC(NC1CC2CCC(C1)N2C)c1ccccc1OC. The summed E-state index contributed by atoms with van der Waals surface area (Å²) in [6.45, 7) is 2.26. The zero-order chi connectivity index (χ0) is 14.8. The van der Waals surface area contributed by atoms with E-state index in [0.29, 0.717) is 12.1 Å². The Hall–Kier alpha value is -1.06. The number of rotatable bonds is 5. The van der Waals surface area contributed by atoms with Crippen molar-refractivity contribution >= 4 is 0 Å². The number of piperidine rings is 1. The highest BCUT2D eigenvalue weighted by atomic mass is 16.5. The molecule has 0 spiro atoms. The molecule has 21 heavy (non-hydrogen) atoms. The molecule has 3 nitrogen and oxygen atoms in total. The summed E-state index contributed by atoms with van der Waals surface area (Å²) < 4.78 is 5.54. The summed E-state index contributed by atoms with van der Waals surface area (Å²) in [5.41, 5.74) is 1.30. The van der Waals surface area contributed by atoms with Crippen LogP contribution >= 0.6 is 0 Å². The Kier molecular flexibility index (Phi) is 4.51. The van der Waals surface area contributed by atoms with Crippen molar-refractivity contribution in [3.05, 3.63) is 29.8 Å². The minimum absolute atomic E-state index is 0.397. The second-order valence-electron chi connectivity index (χ2n) is 6.59. The van der Waals surface area contributed by atoms with Gasteiger partial charge in [-0.25, -0.2) is 0 Å². The van der Waals surface area contributed by atoms with Gasteiger partial charge in [0.2, 0.25) is 0 Å². The van der Waals surface area contributed by atoms with E-state index in [1.165, 1.54) is 31.2 Å². The van der Waals surface area contributed by atoms with Crippen molar-refractivity contribution in [3.63, 3.8) is 0 Å². The minimum atomic E-state index is 0.397. The molecule has 3 unspecified atom stereocenters. The number of ether oxygens (including phenoxy) is 1. The molecule has 2 heterocycles. The summed E-state index contributed by atoms with van der Waals surface area (Å²) in [7, 11) is 4.07. The highest BCUT2D eigenvalue weighted by Crippen LogP contribution is 2.36. The van der Waals surface area contributed by atoms with Crippen LogP contribution in [0.3, 0.4) is 0 Å². The van der Waals surface area contributed by atoms with E-state index < -0.39 is 0 Å². The van der Waals surface area contributed by atoms with Crippen LogP contribution in [-0.4, -0.2) is 37.2 Å². The Morgan fingerprint density at radius 3 is 2.52 bits per heavy atom. The zero-order valence-electron chi connectivity index (χ0n) is 13.5. The Morgan fingerprint density at radius 2 is 1.90 bits per heavy atom. The van der Waals surface area contributed by atoms with E-state index in [2.05, 4.69) is 42.4 Å². The molecule has 2 bridgehead atoms. The van der Waals surface area contributed by atoms with E-state index in [1.54, 1.807) is 7.11 Å². The van der Waals surface area contributed by atoms with Crippen LogP contribution < -0.4 is 10.1 Å². The van der Waals surface area contributed by atoms with Crippen LogP contribution in [0.25, 0.3) is 0 Å². The molecule has 1 N–H and O–H groups in total. The highest BCUT2D eigenvalue weighted by Gasteiger charge is 2.38. The van der Waals surface area contributed by atoms with Crippen molar-refractivity contribution < 1.29 is 4.74 Å². The molecule has 116 valence electrons. The van der Waals surface area contributed by atoms with Gasteiger partial charge in [0.1, 0.15) is 5.75 Å². The minimum Gasteiger partial charge on any atom is -0.496 e. The van der Waals surface area contributed by atoms with Gasteiger partial charge >= 0.3 is 0 Å². The number of hydrogen-bond acceptors (Lipinski definition) is 3. The van der Waals surface area contributed by atoms with Crippen molar-refractivity contribution in [1.82, 2.24) is 10.2 Å². The van der Waals surface area contributed by atoms with Crippen LogP contribution in [0.1, 0.15) is 50.6 Å². The molecule has 2 aliphatic heterocycles. The van der Waals surface area contributed by atoms with Gasteiger partial charge in [0.25, 0.3) is 0 Å². The van der Waals surface area contributed by atoms with Crippen LogP contribution in [0.5, 0.6) is 5.75 Å². The summed E-state index contributed by atoms with van der Waals surface area (Å²) in [6.07, 6.45) is 6.44. The van der Waals surface area contributed by atoms with Crippen LogP contribution in [-0.2, 0) is 0 Å². The van der Waals surface area contributed by atoms with Gasteiger partial charge in [-0.15, -0.1) is 0 Å². The molecule has 2 fully saturated rings. The fourth-order valence-corrected chi connectivity index (χ4v) is 4.21. The molecule has 0 radical (unpaired) electrons. The molecule has 2 aliphatic rings. The van der Waals surface area contributed by atoms with Gasteiger partial charge in [0, 0.05) is 29.7 Å². The summed E-state index contributed by atoms with van der Waals surface area (Å²) in [6, 6.07) is 11.0. The first-order valence-corrected chi connectivity index (χ1v) is 8.33. The van der Waals surface area contributed by atoms with Gasteiger partial charge in [-0.1, -0.05) is 25.1 Å². The molecule has 1 aromatic rings. The van der Waals surface area contributed by atoms with Gasteiger partial charge in [0.15, 0.2) is 0 Å². The van der Waals surface area contributed by atoms with E-state index in [1.807, 2.05) is 6.07 Å². The van der Waals surface area contributed by atoms with Crippen molar-refractivity contribution in [2.45, 2.75) is 63.2 Å². The van der Waals surface area contributed by atoms with Crippen molar-refractivity contribution in [3.8, 4) is 5.75 Å². The Bertz CT molecular complexity index is 462. The molecule has 0 aromatic heterocycles. The van der Waals surface area contributed by atoms with Crippen LogP contribution in [0, 0.1) is 0 Å². The van der Waals surface area contributed by atoms with Gasteiger partial charge in [-0.05, 0) is 45.2 Å². The predicted molar refractivity (Wildman–Crippen MR) is 86.8 cm³/mol. The van der Waals surface area contributed by atoms with Crippen LogP contribution in [0.2, 0.25) is 0 Å². The molecule has 0 amide bonds. The maximum Gasteiger partial charge on any atom is 0.123 e. The van der Waals surface area contributed by atoms with Crippen LogP contribution in [0.15, 0.2) is 24.3 Å². The third-order valence-corrected chi connectivity index (χ3v) is 5.46. The number of benzene rings is 1. The monoisotopic (exact) mass is 288 g/mol. The van der Waals surface area contributed by atoms with Crippen molar-refractivity contribution in [2.75, 3.05) is 14.2 Å². The van der Waals surface area contributed by atoms with Gasteiger partial charge < -0.3 is 15.0 Å². The van der Waals surface area contributed by atoms with E-state index in [-0.39, 0.29) is 0 Å². The molecule has 3 rings (SSSR count). The number of methoxy groups -OCH3 is 1. The second-order valence-corrected chi connectivity index (χ2v) is 6.59. The average Bonchev–Trinajstić information content (AvgIpc) is 2.75. The lowest BCUT2D eigenvalue weighted by Gasteiger charge is -2.38. The largest absolute Gasteiger partial charge is 0.496 e. The quantitative estimate of drug-likeness (QED) is 0.899. The van der Waals surface area contributed by atoms with E-state index in [9.17, 15) is 0 Å². The zero-order valence-corrected chi connectivity index (χ0v) is 13.5. The maximum absolute atomic E-state index is 5.54. The highest BCUT2D eigenvalue weighted by molar-refractivity contribution is 5.35. The molecule has 0 saturated carbocycles. The normalized spacial score (nSPS) is 30.3. The van der Waals surface area contributed by atoms with Crippen molar-refractivity contribution in [2.24, 2.45) is 0 Å². The lowest BCUT2D eigenvalue weighted by atomic mass is 9.95. The molecular weight excluding hydrogens is 260 g/mol. The predicted octanol–water partition coefficient (Wildman–Crippen LogP) is 3.36. The fourth-order valence-electron chi connectivity index (χ4n) is 4.21. The Balaban J connectivity index is 1.70. The molecular formula is C18H28N2O. The topological polar surface area (TPSA) is 24.5 Å². The van der Waals surface area contributed by atoms with Gasteiger partial charge in [-0.3, -0.25) is 0 Å². The van der Waals surface area contributed by atoms with Crippen LogP contribution in [0.4, 0.5) is 0 Å². The molecule has 2 saturated heterocycles. The maximum atomic E-state index is 5.54. The molecule has 0 aliphatic carbocycles. The average molecular weight is 288 g/mol. The standard InChI is InChI=1S/C18H28N2O/c1-4-17(16-7-5-6-8-18(16)21-3)19-13-11-14-9-10-15(12-13)20(14)2/h5-8,13-15,17,19H,4,9-12H2,1-3H3. The van der Waals surface area contributed by atoms with E-state index in [4.69, 9.17) is 4.74 Å². The van der Waals surface area contributed by atoms with E-state index in [0.717, 1.165) is 24.3 Å². The lowest BCUT2D eigenvalue weighted by molar-refractivity contribution is 0.142. The summed E-state index contributed by atoms with van der Waals surface area (Å²) in [5.74, 6) is 1.01. The Morgan fingerprint density at radius 1 is 1.24 bits per heavy atom. The third kappa shape index (κ3) is 2.95. The second kappa shape index (κ2) is 6.37. The fraction of sp³-hybridized carbons (Fsp3) is 0.667. The first-order chi connectivity index (χ1) is 10.2. The number of nitrogens with one attached hydrogen (secondary N) is 1. The smallest absolute Gasteiger partial charge is 0.123 e. The summed E-state index contributed by atoms with van der Waals surface area (Å²) >= 11 is 0. The number of fused-ring (bicyclic) bond motifs is 2. The summed E-state index contributed by atoms with van der Waals surface area (Å²) in [5, 5.41) is 3.91. The first-order valence-electron chi connectivity index (χ1n) is 8.33. The number of para-hydroxylation sites is 1. The summed E-state index contributed by atoms with van der Waals surface area (Å²) in [4.78, 5) is 2.60. The van der Waals surface area contributed by atoms with Gasteiger partial charge in [0.05, 0.1) is 7.11 Å². The number of hydrogen-bond donors (Lipinski definition) is 1. The molecule has 3 atom stereocenters. The lowest BCUT2D eigenvalue weighted by Crippen LogP contribution is -2.48. The van der Waals surface area contributed by atoms with Crippen molar-refractivity contribution in [1.29, 1.82) is 0 Å². The molecule has 3 heteroatoms. The Labute approximate surface area is 128 Å². The first kappa shape index (κ1) is 14.9. The van der Waals surface area contributed by atoms with Gasteiger partial charge in [-0.2, -0.15) is 0 Å².